The predicted molar refractivity (Wildman–Crippen MR) is 92.2 cm³/mol. The molecule has 0 bridgehead atoms. The number of amides is 2. The lowest BCUT2D eigenvalue weighted by Gasteiger charge is -2.21. The van der Waals surface area contributed by atoms with Crippen molar-refractivity contribution in [3.8, 4) is 5.75 Å². The Bertz CT molecular complexity index is 672. The molecule has 2 amide bonds. The van der Waals surface area contributed by atoms with Crippen molar-refractivity contribution in [2.24, 2.45) is 0 Å². The highest BCUT2D eigenvalue weighted by Crippen LogP contribution is 2.19. The van der Waals surface area contributed by atoms with Crippen molar-refractivity contribution < 1.29 is 14.3 Å². The van der Waals surface area contributed by atoms with Crippen LogP contribution in [0.3, 0.4) is 0 Å². The summed E-state index contributed by atoms with van der Waals surface area (Å²) in [5, 5.41) is 2.79. The van der Waals surface area contributed by atoms with Crippen LogP contribution in [0.15, 0.2) is 48.8 Å². The van der Waals surface area contributed by atoms with Crippen LogP contribution < -0.4 is 15.0 Å². The van der Waals surface area contributed by atoms with Crippen LogP contribution in [0.25, 0.3) is 0 Å². The predicted octanol–water partition coefficient (Wildman–Crippen LogP) is 2.26. The molecule has 0 fully saturated rings. The smallest absolute Gasteiger partial charge is 0.252 e. The fraction of sp³-hybridized carbons (Fsp3) is 0.278. The van der Waals surface area contributed by atoms with Gasteiger partial charge in [0.1, 0.15) is 5.75 Å². The Hall–Kier alpha value is -2.89. The minimum Gasteiger partial charge on any atom is -0.494 e. The highest BCUT2D eigenvalue weighted by atomic mass is 16.5. The molecule has 2 aromatic rings. The molecule has 0 atom stereocenters. The zero-order valence-electron chi connectivity index (χ0n) is 13.9. The number of hydrogen-bond acceptors (Lipinski definition) is 4. The molecule has 1 N–H and O–H groups in total. The Morgan fingerprint density at radius 2 is 1.96 bits per heavy atom. The fourth-order valence-corrected chi connectivity index (χ4v) is 2.24. The summed E-state index contributed by atoms with van der Waals surface area (Å²) >= 11 is 0. The molecule has 0 radical (unpaired) electrons. The summed E-state index contributed by atoms with van der Waals surface area (Å²) in [5.74, 6) is 0.461. The lowest BCUT2D eigenvalue weighted by Crippen LogP contribution is -2.37. The maximum absolute atomic E-state index is 12.0. The Morgan fingerprint density at radius 3 is 2.54 bits per heavy atom. The topological polar surface area (TPSA) is 71.5 Å². The normalized spacial score (nSPS) is 10.1. The van der Waals surface area contributed by atoms with Gasteiger partial charge in [-0.05, 0) is 43.3 Å². The first-order valence-corrected chi connectivity index (χ1v) is 7.81. The monoisotopic (exact) mass is 327 g/mol. The molecular formula is C18H21N3O3. The van der Waals surface area contributed by atoms with E-state index in [-0.39, 0.29) is 11.8 Å². The minimum absolute atomic E-state index is 0.0882. The van der Waals surface area contributed by atoms with Gasteiger partial charge in [-0.2, -0.15) is 0 Å². The van der Waals surface area contributed by atoms with Crippen molar-refractivity contribution in [2.75, 3.05) is 24.6 Å². The van der Waals surface area contributed by atoms with Crippen molar-refractivity contribution in [3.63, 3.8) is 0 Å². The van der Waals surface area contributed by atoms with E-state index in [4.69, 9.17) is 4.74 Å². The second-order valence-electron chi connectivity index (χ2n) is 5.10. The molecule has 0 aliphatic heterocycles. The second-order valence-corrected chi connectivity index (χ2v) is 5.10. The van der Waals surface area contributed by atoms with Gasteiger partial charge in [-0.25, -0.2) is 0 Å². The number of nitrogens with one attached hydrogen (secondary N) is 1. The molecule has 1 heterocycles. The van der Waals surface area contributed by atoms with Gasteiger partial charge < -0.3 is 15.0 Å². The first-order valence-electron chi connectivity index (χ1n) is 7.81. The number of nitrogens with zero attached hydrogens (tertiary/aromatic N) is 2. The van der Waals surface area contributed by atoms with Crippen molar-refractivity contribution in [1.29, 1.82) is 0 Å². The summed E-state index contributed by atoms with van der Waals surface area (Å²) in [7, 11) is 0. The lowest BCUT2D eigenvalue weighted by atomic mass is 10.2. The molecule has 1 aromatic heterocycles. The Labute approximate surface area is 141 Å². The molecule has 0 aliphatic carbocycles. The summed E-state index contributed by atoms with van der Waals surface area (Å²) in [6.07, 6.45) is 3.12. The highest BCUT2D eigenvalue weighted by molar-refractivity contribution is 5.94. The number of anilines is 1. The number of rotatable bonds is 7. The summed E-state index contributed by atoms with van der Waals surface area (Å²) < 4.78 is 5.40. The molecule has 0 saturated heterocycles. The van der Waals surface area contributed by atoms with Crippen LogP contribution in [0, 0.1) is 0 Å². The third-order valence-electron chi connectivity index (χ3n) is 3.38. The van der Waals surface area contributed by atoms with E-state index in [1.807, 2.05) is 31.2 Å². The van der Waals surface area contributed by atoms with E-state index >= 15 is 0 Å². The van der Waals surface area contributed by atoms with Crippen molar-refractivity contribution >= 4 is 17.5 Å². The molecule has 6 heteroatoms. The number of aromatic nitrogens is 1. The van der Waals surface area contributed by atoms with Crippen LogP contribution in [0.2, 0.25) is 0 Å². The van der Waals surface area contributed by atoms with E-state index in [0.29, 0.717) is 25.3 Å². The van der Waals surface area contributed by atoms with Gasteiger partial charge in [-0.3, -0.25) is 14.6 Å². The van der Waals surface area contributed by atoms with E-state index in [2.05, 4.69) is 10.3 Å². The molecular weight excluding hydrogens is 306 g/mol. The lowest BCUT2D eigenvalue weighted by molar-refractivity contribution is -0.116. The van der Waals surface area contributed by atoms with Crippen LogP contribution in [0.5, 0.6) is 5.75 Å². The Balaban J connectivity index is 1.94. The van der Waals surface area contributed by atoms with Gasteiger partial charge in [-0.15, -0.1) is 0 Å². The van der Waals surface area contributed by atoms with E-state index in [0.717, 1.165) is 11.4 Å². The summed E-state index contributed by atoms with van der Waals surface area (Å²) in [6, 6.07) is 10.7. The molecule has 126 valence electrons. The molecule has 24 heavy (non-hydrogen) atoms. The van der Waals surface area contributed by atoms with E-state index in [1.54, 1.807) is 23.2 Å². The Morgan fingerprint density at radius 1 is 1.21 bits per heavy atom. The molecule has 0 aliphatic rings. The van der Waals surface area contributed by atoms with Crippen LogP contribution in [0.4, 0.5) is 5.69 Å². The zero-order valence-corrected chi connectivity index (χ0v) is 13.9. The van der Waals surface area contributed by atoms with Crippen molar-refractivity contribution in [1.82, 2.24) is 10.3 Å². The number of pyridine rings is 1. The van der Waals surface area contributed by atoms with E-state index < -0.39 is 0 Å². The van der Waals surface area contributed by atoms with Gasteiger partial charge in [0, 0.05) is 38.1 Å². The van der Waals surface area contributed by atoms with Gasteiger partial charge in [0.05, 0.1) is 12.2 Å². The minimum atomic E-state index is -0.210. The van der Waals surface area contributed by atoms with Crippen LogP contribution in [-0.4, -0.2) is 36.5 Å². The van der Waals surface area contributed by atoms with Gasteiger partial charge in [0.15, 0.2) is 0 Å². The van der Waals surface area contributed by atoms with Gasteiger partial charge >= 0.3 is 0 Å². The molecule has 0 unspecified atom stereocenters. The molecule has 0 spiro atoms. The standard InChI is InChI=1S/C18H21N3O3/c1-3-24-17-8-6-16(7-9-17)21(14(2)22)12-11-20-18(23)15-5-4-10-19-13-15/h4-10,13H,3,11-12H2,1-2H3,(H,20,23). The quantitative estimate of drug-likeness (QED) is 0.847. The van der Waals surface area contributed by atoms with Crippen LogP contribution in [-0.2, 0) is 4.79 Å². The highest BCUT2D eigenvalue weighted by Gasteiger charge is 2.12. The Kier molecular flexibility index (Phi) is 6.31. The summed E-state index contributed by atoms with van der Waals surface area (Å²) in [6.45, 7) is 4.74. The first kappa shape index (κ1) is 17.5. The second kappa shape index (κ2) is 8.67. The average Bonchev–Trinajstić information content (AvgIpc) is 2.60. The first-order chi connectivity index (χ1) is 11.6. The van der Waals surface area contributed by atoms with Crippen molar-refractivity contribution in [2.45, 2.75) is 13.8 Å². The van der Waals surface area contributed by atoms with E-state index in [9.17, 15) is 9.59 Å². The number of carbonyl (C=O) groups excluding carboxylic acids is 2. The molecule has 2 rings (SSSR count). The zero-order chi connectivity index (χ0) is 17.4. The number of hydrogen-bond donors (Lipinski definition) is 1. The largest absolute Gasteiger partial charge is 0.494 e. The third kappa shape index (κ3) is 4.81. The molecule has 6 nitrogen and oxygen atoms in total. The number of benzene rings is 1. The van der Waals surface area contributed by atoms with Crippen LogP contribution >= 0.6 is 0 Å². The van der Waals surface area contributed by atoms with Gasteiger partial charge in [0.25, 0.3) is 5.91 Å². The average molecular weight is 327 g/mol. The van der Waals surface area contributed by atoms with Gasteiger partial charge in [-0.1, -0.05) is 0 Å². The molecule has 0 saturated carbocycles. The van der Waals surface area contributed by atoms with Gasteiger partial charge in [0.2, 0.25) is 5.91 Å². The summed E-state index contributed by atoms with van der Waals surface area (Å²) in [4.78, 5) is 29.4. The fourth-order valence-electron chi connectivity index (χ4n) is 2.24. The third-order valence-corrected chi connectivity index (χ3v) is 3.38. The number of carbonyl (C=O) groups is 2. The van der Waals surface area contributed by atoms with Crippen LogP contribution in [0.1, 0.15) is 24.2 Å². The SMILES string of the molecule is CCOc1ccc(N(CCNC(=O)c2cccnc2)C(C)=O)cc1. The van der Waals surface area contributed by atoms with Crippen molar-refractivity contribution in [3.05, 3.63) is 54.4 Å². The summed E-state index contributed by atoms with van der Waals surface area (Å²) in [5.41, 5.74) is 1.26. The van der Waals surface area contributed by atoms with E-state index in [1.165, 1.54) is 13.1 Å². The molecule has 1 aromatic carbocycles. The number of ether oxygens (including phenoxy) is 1. The maximum atomic E-state index is 12.0. The maximum Gasteiger partial charge on any atom is 0.252 e.